The Labute approximate surface area is 109 Å². The minimum Gasteiger partial charge on any atom is -0.398 e. The van der Waals surface area contributed by atoms with Crippen molar-refractivity contribution >= 4 is 17.3 Å². The van der Waals surface area contributed by atoms with E-state index in [0.29, 0.717) is 0 Å². The Morgan fingerprint density at radius 2 is 1.89 bits per heavy atom. The SMILES string of the molecule is Cc1ccc(F)c(NC(=O)c2ccc(F)cc2N)c1. The van der Waals surface area contributed by atoms with Crippen LogP contribution in [0.3, 0.4) is 0 Å². The Morgan fingerprint density at radius 3 is 2.58 bits per heavy atom. The van der Waals surface area contributed by atoms with E-state index in [-0.39, 0.29) is 16.9 Å². The summed E-state index contributed by atoms with van der Waals surface area (Å²) in [5, 5.41) is 2.41. The molecule has 0 radical (unpaired) electrons. The first-order valence-electron chi connectivity index (χ1n) is 5.60. The molecule has 0 unspecified atom stereocenters. The topological polar surface area (TPSA) is 55.1 Å². The molecule has 0 spiro atoms. The fraction of sp³-hybridized carbons (Fsp3) is 0.0714. The molecule has 0 bridgehead atoms. The van der Waals surface area contributed by atoms with Crippen LogP contribution in [0.1, 0.15) is 15.9 Å². The van der Waals surface area contributed by atoms with Crippen molar-refractivity contribution in [2.75, 3.05) is 11.1 Å². The standard InChI is InChI=1S/C14H12F2N2O/c1-8-2-5-11(16)13(6-8)18-14(19)10-4-3-9(15)7-12(10)17/h2-7H,17H2,1H3,(H,18,19). The van der Waals surface area contributed by atoms with Gasteiger partial charge >= 0.3 is 0 Å². The quantitative estimate of drug-likeness (QED) is 0.817. The van der Waals surface area contributed by atoms with Gasteiger partial charge in [-0.2, -0.15) is 0 Å². The summed E-state index contributed by atoms with van der Waals surface area (Å²) in [6.07, 6.45) is 0. The van der Waals surface area contributed by atoms with Crippen LogP contribution in [0.25, 0.3) is 0 Å². The Balaban J connectivity index is 2.28. The maximum Gasteiger partial charge on any atom is 0.257 e. The third kappa shape index (κ3) is 2.88. The number of carbonyl (C=O) groups is 1. The molecule has 0 saturated carbocycles. The number of halogens is 2. The van der Waals surface area contributed by atoms with E-state index in [1.54, 1.807) is 13.0 Å². The minimum absolute atomic E-state index is 0.00515. The van der Waals surface area contributed by atoms with E-state index in [1.165, 1.54) is 18.2 Å². The molecule has 2 aromatic carbocycles. The van der Waals surface area contributed by atoms with Crippen LogP contribution in [0.5, 0.6) is 0 Å². The van der Waals surface area contributed by atoms with Crippen LogP contribution in [-0.4, -0.2) is 5.91 Å². The first kappa shape index (κ1) is 13.0. The van der Waals surface area contributed by atoms with E-state index in [0.717, 1.165) is 17.7 Å². The Kier molecular flexibility index (Phi) is 3.46. The molecule has 0 aliphatic heterocycles. The van der Waals surface area contributed by atoms with Gasteiger partial charge in [0.1, 0.15) is 11.6 Å². The Bertz CT molecular complexity index is 641. The molecular formula is C14H12F2N2O. The molecule has 98 valence electrons. The van der Waals surface area contributed by atoms with E-state index in [4.69, 9.17) is 5.73 Å². The molecular weight excluding hydrogens is 250 g/mol. The van der Waals surface area contributed by atoms with Crippen LogP contribution in [-0.2, 0) is 0 Å². The summed E-state index contributed by atoms with van der Waals surface area (Å²) in [7, 11) is 0. The zero-order chi connectivity index (χ0) is 14.0. The summed E-state index contributed by atoms with van der Waals surface area (Å²) < 4.78 is 26.4. The predicted octanol–water partition coefficient (Wildman–Crippen LogP) is 3.11. The van der Waals surface area contributed by atoms with Gasteiger partial charge in [-0.3, -0.25) is 4.79 Å². The van der Waals surface area contributed by atoms with Crippen LogP contribution in [0.15, 0.2) is 36.4 Å². The molecule has 2 aromatic rings. The third-order valence-corrected chi connectivity index (χ3v) is 2.63. The number of anilines is 2. The monoisotopic (exact) mass is 262 g/mol. The average Bonchev–Trinajstić information content (AvgIpc) is 2.33. The second kappa shape index (κ2) is 5.06. The highest BCUT2D eigenvalue weighted by molar-refractivity contribution is 6.07. The van der Waals surface area contributed by atoms with Gasteiger partial charge in [-0.05, 0) is 42.8 Å². The Morgan fingerprint density at radius 1 is 1.16 bits per heavy atom. The first-order chi connectivity index (χ1) is 8.97. The molecule has 3 N–H and O–H groups in total. The van der Waals surface area contributed by atoms with Crippen LogP contribution < -0.4 is 11.1 Å². The largest absolute Gasteiger partial charge is 0.398 e. The van der Waals surface area contributed by atoms with Gasteiger partial charge in [-0.1, -0.05) is 6.07 Å². The molecule has 0 aliphatic carbocycles. The fourth-order valence-electron chi connectivity index (χ4n) is 1.66. The fourth-order valence-corrected chi connectivity index (χ4v) is 1.66. The number of hydrogen-bond acceptors (Lipinski definition) is 2. The number of benzene rings is 2. The minimum atomic E-state index is -0.581. The maximum absolute atomic E-state index is 13.5. The molecule has 0 heterocycles. The lowest BCUT2D eigenvalue weighted by Gasteiger charge is -2.09. The van der Waals surface area contributed by atoms with E-state index in [2.05, 4.69) is 5.32 Å². The van der Waals surface area contributed by atoms with Crippen molar-refractivity contribution < 1.29 is 13.6 Å². The molecule has 19 heavy (non-hydrogen) atoms. The number of carbonyl (C=O) groups excluding carboxylic acids is 1. The summed E-state index contributed by atoms with van der Waals surface area (Å²) >= 11 is 0. The van der Waals surface area contributed by atoms with Gasteiger partial charge in [-0.25, -0.2) is 8.78 Å². The number of hydrogen-bond donors (Lipinski definition) is 2. The van der Waals surface area contributed by atoms with Crippen molar-refractivity contribution in [1.82, 2.24) is 0 Å². The molecule has 0 aromatic heterocycles. The number of aryl methyl sites for hydroxylation is 1. The van der Waals surface area contributed by atoms with Gasteiger partial charge in [0.25, 0.3) is 5.91 Å². The maximum atomic E-state index is 13.5. The van der Waals surface area contributed by atoms with Crippen molar-refractivity contribution in [1.29, 1.82) is 0 Å². The second-order valence-corrected chi connectivity index (χ2v) is 4.17. The number of nitrogen functional groups attached to an aromatic ring is 1. The van der Waals surface area contributed by atoms with E-state index in [1.807, 2.05) is 0 Å². The summed E-state index contributed by atoms with van der Waals surface area (Å²) in [4.78, 5) is 11.9. The highest BCUT2D eigenvalue weighted by Gasteiger charge is 2.12. The zero-order valence-corrected chi connectivity index (χ0v) is 10.2. The summed E-state index contributed by atoms with van der Waals surface area (Å²) in [6.45, 7) is 1.78. The van der Waals surface area contributed by atoms with Crippen molar-refractivity contribution in [3.8, 4) is 0 Å². The molecule has 0 aliphatic rings. The average molecular weight is 262 g/mol. The third-order valence-electron chi connectivity index (χ3n) is 2.63. The highest BCUT2D eigenvalue weighted by atomic mass is 19.1. The lowest BCUT2D eigenvalue weighted by atomic mass is 10.1. The second-order valence-electron chi connectivity index (χ2n) is 4.17. The normalized spacial score (nSPS) is 10.3. The first-order valence-corrected chi connectivity index (χ1v) is 5.60. The molecule has 0 atom stereocenters. The van der Waals surface area contributed by atoms with E-state index < -0.39 is 17.5 Å². The van der Waals surface area contributed by atoms with Crippen molar-refractivity contribution in [2.24, 2.45) is 0 Å². The van der Waals surface area contributed by atoms with Crippen LogP contribution in [0.2, 0.25) is 0 Å². The lowest BCUT2D eigenvalue weighted by molar-refractivity contribution is 0.102. The number of nitrogens with two attached hydrogens (primary N) is 1. The van der Waals surface area contributed by atoms with Gasteiger partial charge in [0.05, 0.1) is 11.3 Å². The van der Waals surface area contributed by atoms with Gasteiger partial charge in [0, 0.05) is 5.69 Å². The molecule has 1 amide bonds. The molecule has 3 nitrogen and oxygen atoms in total. The smallest absolute Gasteiger partial charge is 0.257 e. The molecule has 2 rings (SSSR count). The number of amides is 1. The summed E-state index contributed by atoms with van der Waals surface area (Å²) in [5.74, 6) is -1.66. The van der Waals surface area contributed by atoms with Gasteiger partial charge < -0.3 is 11.1 Å². The van der Waals surface area contributed by atoms with Crippen molar-refractivity contribution in [3.63, 3.8) is 0 Å². The van der Waals surface area contributed by atoms with E-state index in [9.17, 15) is 13.6 Å². The van der Waals surface area contributed by atoms with Crippen molar-refractivity contribution in [2.45, 2.75) is 6.92 Å². The zero-order valence-electron chi connectivity index (χ0n) is 10.2. The molecule has 0 fully saturated rings. The Hall–Kier alpha value is -2.43. The number of rotatable bonds is 2. The van der Waals surface area contributed by atoms with Crippen molar-refractivity contribution in [3.05, 3.63) is 59.2 Å². The van der Waals surface area contributed by atoms with Crippen LogP contribution >= 0.6 is 0 Å². The molecule has 0 saturated heterocycles. The van der Waals surface area contributed by atoms with Crippen LogP contribution in [0, 0.1) is 18.6 Å². The summed E-state index contributed by atoms with van der Waals surface area (Å²) in [5.41, 5.74) is 6.53. The summed E-state index contributed by atoms with van der Waals surface area (Å²) in [6, 6.07) is 7.79. The van der Waals surface area contributed by atoms with Crippen LogP contribution in [0.4, 0.5) is 20.2 Å². The highest BCUT2D eigenvalue weighted by Crippen LogP contribution is 2.19. The van der Waals surface area contributed by atoms with Gasteiger partial charge in [-0.15, -0.1) is 0 Å². The molecule has 5 heteroatoms. The lowest BCUT2D eigenvalue weighted by Crippen LogP contribution is -2.15. The van der Waals surface area contributed by atoms with Gasteiger partial charge in [0.15, 0.2) is 0 Å². The number of nitrogens with one attached hydrogen (secondary N) is 1. The van der Waals surface area contributed by atoms with Gasteiger partial charge in [0.2, 0.25) is 0 Å². The van der Waals surface area contributed by atoms with E-state index >= 15 is 0 Å². The predicted molar refractivity (Wildman–Crippen MR) is 69.9 cm³/mol.